The van der Waals surface area contributed by atoms with Gasteiger partial charge in [-0.2, -0.15) is 0 Å². The highest BCUT2D eigenvalue weighted by Crippen LogP contribution is 2.30. The monoisotopic (exact) mass is 345 g/mol. The molecule has 0 aliphatic rings. The summed E-state index contributed by atoms with van der Waals surface area (Å²) in [5, 5.41) is 15.3. The maximum atomic E-state index is 11.8. The number of hydrogen-bond donors (Lipinski definition) is 3. The highest BCUT2D eigenvalue weighted by Gasteiger charge is 2.12. The van der Waals surface area contributed by atoms with E-state index < -0.39 is 0 Å². The highest BCUT2D eigenvalue weighted by atomic mass is 32.1. The van der Waals surface area contributed by atoms with Crippen LogP contribution in [0.5, 0.6) is 0 Å². The molecule has 3 rings (SSSR count). The van der Waals surface area contributed by atoms with Crippen LogP contribution in [-0.2, 0) is 6.54 Å². The molecule has 126 valence electrons. The lowest BCUT2D eigenvalue weighted by atomic mass is 10.2. The second-order valence-electron chi connectivity index (χ2n) is 5.37. The molecule has 1 unspecified atom stereocenters. The van der Waals surface area contributed by atoms with Gasteiger partial charge >= 0.3 is 6.03 Å². The summed E-state index contributed by atoms with van der Waals surface area (Å²) >= 11 is 1.57. The maximum Gasteiger partial charge on any atom is 0.315 e. The minimum absolute atomic E-state index is 0.0770. The predicted octanol–water partition coefficient (Wildman–Crippen LogP) is 3.13. The van der Waals surface area contributed by atoms with Gasteiger partial charge in [-0.15, -0.1) is 11.3 Å². The lowest BCUT2D eigenvalue weighted by Gasteiger charge is -2.14. The summed E-state index contributed by atoms with van der Waals surface area (Å²) in [6, 6.07) is 11.1. The Balaban J connectivity index is 1.62. The van der Waals surface area contributed by atoms with E-state index in [1.165, 1.54) is 0 Å². The normalized spacial score (nSPS) is 12.2. The quantitative estimate of drug-likeness (QED) is 0.640. The SMILES string of the molecule is CCC(CO)NC(=O)NCc1ccc(-c2nc3ccccc3s2)o1. The third-order valence-electron chi connectivity index (χ3n) is 3.64. The van der Waals surface area contributed by atoms with Crippen LogP contribution in [0.2, 0.25) is 0 Å². The number of aliphatic hydroxyl groups is 1. The van der Waals surface area contributed by atoms with Gasteiger partial charge in [-0.25, -0.2) is 9.78 Å². The number of nitrogens with zero attached hydrogens (tertiary/aromatic N) is 1. The molecule has 0 aliphatic carbocycles. The van der Waals surface area contributed by atoms with Gasteiger partial charge < -0.3 is 20.2 Å². The Morgan fingerprint density at radius 2 is 2.17 bits per heavy atom. The Kier molecular flexibility index (Phi) is 5.12. The molecule has 7 heteroatoms. The number of rotatable bonds is 6. The van der Waals surface area contributed by atoms with Gasteiger partial charge in [-0.05, 0) is 30.7 Å². The van der Waals surface area contributed by atoms with Gasteiger partial charge in [0.15, 0.2) is 10.8 Å². The Bertz CT molecular complexity index is 790. The number of carbonyl (C=O) groups excluding carboxylic acids is 1. The second kappa shape index (κ2) is 7.46. The van der Waals surface area contributed by atoms with Crippen molar-refractivity contribution in [3.05, 3.63) is 42.2 Å². The number of thiazole rings is 1. The van der Waals surface area contributed by atoms with Crippen LogP contribution < -0.4 is 10.6 Å². The number of carbonyl (C=O) groups is 1. The number of para-hydroxylation sites is 1. The summed E-state index contributed by atoms with van der Waals surface area (Å²) in [7, 11) is 0. The van der Waals surface area contributed by atoms with Gasteiger partial charge in [0.05, 0.1) is 29.4 Å². The van der Waals surface area contributed by atoms with Crippen molar-refractivity contribution in [2.45, 2.75) is 25.9 Å². The van der Waals surface area contributed by atoms with Gasteiger partial charge in [0.2, 0.25) is 0 Å². The summed E-state index contributed by atoms with van der Waals surface area (Å²) in [6.07, 6.45) is 0.673. The van der Waals surface area contributed by atoms with Crippen molar-refractivity contribution in [2.75, 3.05) is 6.61 Å². The van der Waals surface area contributed by atoms with Gasteiger partial charge in [-0.3, -0.25) is 0 Å². The van der Waals surface area contributed by atoms with E-state index in [0.717, 1.165) is 15.2 Å². The number of nitrogens with one attached hydrogen (secondary N) is 2. The third kappa shape index (κ3) is 3.74. The van der Waals surface area contributed by atoms with Crippen molar-refractivity contribution in [1.29, 1.82) is 0 Å². The van der Waals surface area contributed by atoms with Crippen molar-refractivity contribution in [2.24, 2.45) is 0 Å². The van der Waals surface area contributed by atoms with Gasteiger partial charge in [0.1, 0.15) is 5.76 Å². The molecule has 2 heterocycles. The summed E-state index contributed by atoms with van der Waals surface area (Å²) in [4.78, 5) is 16.3. The number of urea groups is 1. The largest absolute Gasteiger partial charge is 0.457 e. The van der Waals surface area contributed by atoms with E-state index in [0.29, 0.717) is 17.9 Å². The standard InChI is InChI=1S/C17H19N3O3S/c1-2-11(10-21)19-17(22)18-9-12-7-8-14(23-12)16-20-13-5-3-4-6-15(13)24-16/h3-8,11,21H,2,9-10H2,1H3,(H2,18,19,22). The molecule has 0 fully saturated rings. The molecule has 6 nitrogen and oxygen atoms in total. The number of hydrogen-bond acceptors (Lipinski definition) is 5. The molecule has 0 spiro atoms. The van der Waals surface area contributed by atoms with Crippen LogP contribution in [0.25, 0.3) is 21.0 Å². The van der Waals surface area contributed by atoms with Gasteiger partial charge in [0.25, 0.3) is 0 Å². The first-order valence-electron chi connectivity index (χ1n) is 7.79. The molecule has 3 aromatic rings. The van der Waals surface area contributed by atoms with E-state index in [2.05, 4.69) is 15.6 Å². The van der Waals surface area contributed by atoms with E-state index in [9.17, 15) is 4.79 Å². The number of aromatic nitrogens is 1. The van der Waals surface area contributed by atoms with Crippen molar-refractivity contribution in [1.82, 2.24) is 15.6 Å². The smallest absolute Gasteiger partial charge is 0.315 e. The van der Waals surface area contributed by atoms with E-state index in [1.54, 1.807) is 11.3 Å². The third-order valence-corrected chi connectivity index (χ3v) is 4.69. The molecule has 0 bridgehead atoms. The topological polar surface area (TPSA) is 87.4 Å². The van der Waals surface area contributed by atoms with Crippen LogP contribution in [0, 0.1) is 0 Å². The summed E-state index contributed by atoms with van der Waals surface area (Å²) in [5.41, 5.74) is 0.947. The molecule has 0 radical (unpaired) electrons. The molecular weight excluding hydrogens is 326 g/mol. The van der Waals surface area contributed by atoms with E-state index in [-0.39, 0.29) is 25.2 Å². The Labute approximate surface area is 143 Å². The minimum atomic E-state index is -0.325. The molecule has 24 heavy (non-hydrogen) atoms. The van der Waals surface area contributed by atoms with Gasteiger partial charge in [0, 0.05) is 0 Å². The van der Waals surface area contributed by atoms with E-state index in [4.69, 9.17) is 9.52 Å². The van der Waals surface area contributed by atoms with Crippen molar-refractivity contribution >= 4 is 27.6 Å². The first-order valence-corrected chi connectivity index (χ1v) is 8.61. The lowest BCUT2D eigenvalue weighted by Crippen LogP contribution is -2.43. The van der Waals surface area contributed by atoms with Crippen LogP contribution in [-0.4, -0.2) is 28.8 Å². The maximum absolute atomic E-state index is 11.8. The van der Waals surface area contributed by atoms with E-state index in [1.807, 2.05) is 43.3 Å². The van der Waals surface area contributed by atoms with Crippen molar-refractivity contribution in [3.63, 3.8) is 0 Å². The molecule has 2 aromatic heterocycles. The van der Waals surface area contributed by atoms with Crippen LogP contribution >= 0.6 is 11.3 Å². The van der Waals surface area contributed by atoms with Gasteiger partial charge in [-0.1, -0.05) is 19.1 Å². The number of benzene rings is 1. The zero-order valence-corrected chi connectivity index (χ0v) is 14.1. The fourth-order valence-corrected chi connectivity index (χ4v) is 3.17. The second-order valence-corrected chi connectivity index (χ2v) is 6.40. The summed E-state index contributed by atoms with van der Waals surface area (Å²) in [5.74, 6) is 1.34. The van der Waals surface area contributed by atoms with Crippen LogP contribution in [0.1, 0.15) is 19.1 Å². The summed E-state index contributed by atoms with van der Waals surface area (Å²) in [6.45, 7) is 2.10. The zero-order chi connectivity index (χ0) is 16.9. The first kappa shape index (κ1) is 16.5. The number of fused-ring (bicyclic) bond motifs is 1. The average Bonchev–Trinajstić information content (AvgIpc) is 3.24. The molecule has 0 aliphatic heterocycles. The Hall–Kier alpha value is -2.38. The average molecular weight is 345 g/mol. The number of aliphatic hydroxyl groups excluding tert-OH is 1. The van der Waals surface area contributed by atoms with Crippen LogP contribution in [0.4, 0.5) is 4.79 Å². The molecule has 3 N–H and O–H groups in total. The predicted molar refractivity (Wildman–Crippen MR) is 93.9 cm³/mol. The van der Waals surface area contributed by atoms with Crippen LogP contribution in [0.15, 0.2) is 40.8 Å². The molecule has 0 saturated carbocycles. The van der Waals surface area contributed by atoms with Crippen molar-refractivity contribution < 1.29 is 14.3 Å². The highest BCUT2D eigenvalue weighted by molar-refractivity contribution is 7.21. The molecule has 2 amide bonds. The fourth-order valence-electron chi connectivity index (χ4n) is 2.25. The Morgan fingerprint density at radius 1 is 1.33 bits per heavy atom. The molecule has 1 aromatic carbocycles. The first-order chi connectivity index (χ1) is 11.7. The zero-order valence-electron chi connectivity index (χ0n) is 13.3. The number of amides is 2. The van der Waals surface area contributed by atoms with Crippen LogP contribution in [0.3, 0.4) is 0 Å². The minimum Gasteiger partial charge on any atom is -0.457 e. The number of furan rings is 1. The summed E-state index contributed by atoms with van der Waals surface area (Å²) < 4.78 is 6.87. The fraction of sp³-hybridized carbons (Fsp3) is 0.294. The molecular formula is C17H19N3O3S. The van der Waals surface area contributed by atoms with E-state index >= 15 is 0 Å². The van der Waals surface area contributed by atoms with Crippen molar-refractivity contribution in [3.8, 4) is 10.8 Å². The Morgan fingerprint density at radius 3 is 2.92 bits per heavy atom. The lowest BCUT2D eigenvalue weighted by molar-refractivity contribution is 0.213. The molecule has 0 saturated heterocycles. The molecule has 1 atom stereocenters.